The Labute approximate surface area is 97.2 Å². The third kappa shape index (κ3) is 1.69. The predicted octanol–water partition coefficient (Wildman–Crippen LogP) is 1.76. The molecule has 0 spiro atoms. The van der Waals surface area contributed by atoms with Crippen LogP contribution in [-0.2, 0) is 0 Å². The molecule has 0 saturated heterocycles. The monoisotopic (exact) mass is 223 g/mol. The van der Waals surface area contributed by atoms with Gasteiger partial charge >= 0.3 is 0 Å². The van der Waals surface area contributed by atoms with E-state index >= 15 is 0 Å². The van der Waals surface area contributed by atoms with Crippen molar-refractivity contribution in [2.24, 2.45) is 0 Å². The second-order valence-corrected chi connectivity index (χ2v) is 3.65. The Balaban J connectivity index is 2.30. The molecule has 0 amide bonds. The number of pyridine rings is 2. The first-order chi connectivity index (χ1) is 8.34. The molecule has 0 bridgehead atoms. The van der Waals surface area contributed by atoms with Crippen molar-refractivity contribution in [3.05, 3.63) is 65.3 Å². The van der Waals surface area contributed by atoms with Crippen LogP contribution >= 0.6 is 0 Å². The van der Waals surface area contributed by atoms with Gasteiger partial charge in [0.15, 0.2) is 0 Å². The minimum atomic E-state index is -0.0885. The molecule has 0 unspecified atom stereocenters. The van der Waals surface area contributed by atoms with E-state index < -0.39 is 0 Å². The Kier molecular flexibility index (Phi) is 2.19. The molecule has 3 heterocycles. The van der Waals surface area contributed by atoms with E-state index in [9.17, 15) is 4.79 Å². The molecule has 0 radical (unpaired) electrons. The van der Waals surface area contributed by atoms with Crippen LogP contribution in [0.1, 0.15) is 0 Å². The van der Waals surface area contributed by atoms with Gasteiger partial charge < -0.3 is 0 Å². The smallest absolute Gasteiger partial charge is 0.258 e. The van der Waals surface area contributed by atoms with E-state index in [0.29, 0.717) is 11.3 Å². The first kappa shape index (κ1) is 9.72. The zero-order valence-corrected chi connectivity index (χ0v) is 8.95. The average Bonchev–Trinajstić information content (AvgIpc) is 2.40. The maximum atomic E-state index is 11.9. The van der Waals surface area contributed by atoms with E-state index in [1.54, 1.807) is 30.7 Å². The van der Waals surface area contributed by atoms with Gasteiger partial charge in [0.05, 0.1) is 5.69 Å². The Hall–Kier alpha value is -2.49. The zero-order chi connectivity index (χ0) is 11.7. The van der Waals surface area contributed by atoms with Crippen LogP contribution in [0.15, 0.2) is 59.8 Å². The van der Waals surface area contributed by atoms with Crippen molar-refractivity contribution in [2.45, 2.75) is 0 Å². The predicted molar refractivity (Wildman–Crippen MR) is 64.7 cm³/mol. The van der Waals surface area contributed by atoms with Gasteiger partial charge in [-0.05, 0) is 24.3 Å². The zero-order valence-electron chi connectivity index (χ0n) is 8.95. The lowest BCUT2D eigenvalue weighted by molar-refractivity contribution is 1.05. The van der Waals surface area contributed by atoms with Gasteiger partial charge in [0.1, 0.15) is 5.65 Å². The molecule has 0 aliphatic rings. The van der Waals surface area contributed by atoms with Gasteiger partial charge in [0, 0.05) is 30.2 Å². The lowest BCUT2D eigenvalue weighted by Gasteiger charge is -2.03. The topological polar surface area (TPSA) is 47.3 Å². The summed E-state index contributed by atoms with van der Waals surface area (Å²) in [6.07, 6.45) is 5.09. The first-order valence-corrected chi connectivity index (χ1v) is 5.23. The van der Waals surface area contributed by atoms with Crippen LogP contribution in [0.4, 0.5) is 0 Å². The van der Waals surface area contributed by atoms with Crippen LogP contribution in [0.25, 0.3) is 16.9 Å². The summed E-state index contributed by atoms with van der Waals surface area (Å²) in [6, 6.07) is 10.7. The minimum absolute atomic E-state index is 0.0885. The van der Waals surface area contributed by atoms with Gasteiger partial charge in [-0.3, -0.25) is 14.2 Å². The first-order valence-electron chi connectivity index (χ1n) is 5.23. The van der Waals surface area contributed by atoms with Crippen LogP contribution in [-0.4, -0.2) is 14.4 Å². The van der Waals surface area contributed by atoms with Crippen molar-refractivity contribution in [3.63, 3.8) is 0 Å². The van der Waals surface area contributed by atoms with Crippen LogP contribution in [0, 0.1) is 0 Å². The lowest BCUT2D eigenvalue weighted by atomic mass is 10.2. The van der Waals surface area contributed by atoms with E-state index in [4.69, 9.17) is 0 Å². The van der Waals surface area contributed by atoms with E-state index in [1.807, 2.05) is 18.2 Å². The van der Waals surface area contributed by atoms with E-state index in [0.717, 1.165) is 5.56 Å². The summed E-state index contributed by atoms with van der Waals surface area (Å²) < 4.78 is 1.51. The molecule has 0 N–H and O–H groups in total. The number of hydrogen-bond donors (Lipinski definition) is 0. The van der Waals surface area contributed by atoms with E-state index in [2.05, 4.69) is 9.97 Å². The number of hydrogen-bond acceptors (Lipinski definition) is 3. The number of aromatic nitrogens is 3. The molecule has 0 aliphatic heterocycles. The number of fused-ring (bicyclic) bond motifs is 1. The summed E-state index contributed by atoms with van der Waals surface area (Å²) in [5, 5.41) is 0. The molecule has 4 heteroatoms. The molecule has 3 aromatic heterocycles. The highest BCUT2D eigenvalue weighted by Crippen LogP contribution is 2.13. The number of nitrogens with zero attached hydrogens (tertiary/aromatic N) is 3. The fourth-order valence-corrected chi connectivity index (χ4v) is 1.72. The van der Waals surface area contributed by atoms with Crippen molar-refractivity contribution in [1.29, 1.82) is 0 Å². The van der Waals surface area contributed by atoms with Gasteiger partial charge in [-0.25, -0.2) is 4.98 Å². The Bertz CT molecular complexity index is 719. The summed E-state index contributed by atoms with van der Waals surface area (Å²) in [4.78, 5) is 20.3. The maximum absolute atomic E-state index is 11.9. The van der Waals surface area contributed by atoms with E-state index in [1.165, 1.54) is 10.5 Å². The fraction of sp³-hybridized carbons (Fsp3) is 0. The molecule has 0 aromatic carbocycles. The number of rotatable bonds is 1. The Morgan fingerprint density at radius 2 is 2.06 bits per heavy atom. The molecule has 3 aromatic rings. The lowest BCUT2D eigenvalue weighted by Crippen LogP contribution is -2.13. The molecule has 0 fully saturated rings. The summed E-state index contributed by atoms with van der Waals surface area (Å²) in [6.45, 7) is 0. The third-order valence-corrected chi connectivity index (χ3v) is 2.53. The van der Waals surface area contributed by atoms with Crippen molar-refractivity contribution in [3.8, 4) is 11.3 Å². The molecular formula is C13H9N3O. The summed E-state index contributed by atoms with van der Waals surface area (Å²) in [5.41, 5.74) is 2.04. The molecule has 17 heavy (non-hydrogen) atoms. The van der Waals surface area contributed by atoms with Crippen molar-refractivity contribution in [2.75, 3.05) is 0 Å². The highest BCUT2D eigenvalue weighted by Gasteiger charge is 2.03. The average molecular weight is 223 g/mol. The van der Waals surface area contributed by atoms with Crippen LogP contribution in [0.5, 0.6) is 0 Å². The second-order valence-electron chi connectivity index (χ2n) is 3.65. The van der Waals surface area contributed by atoms with Crippen LogP contribution in [0.2, 0.25) is 0 Å². The SMILES string of the molecule is O=c1cc(-c2cccnc2)nc2ccccn12. The fourth-order valence-electron chi connectivity index (χ4n) is 1.72. The summed E-state index contributed by atoms with van der Waals surface area (Å²) >= 11 is 0. The standard InChI is InChI=1S/C13H9N3O/c17-13-8-11(10-4-3-6-14-9-10)15-12-5-1-2-7-16(12)13/h1-9H. The molecule has 82 valence electrons. The molecule has 0 aliphatic carbocycles. The highest BCUT2D eigenvalue weighted by molar-refractivity contribution is 5.60. The second kappa shape index (κ2) is 3.83. The van der Waals surface area contributed by atoms with Crippen molar-refractivity contribution >= 4 is 5.65 Å². The van der Waals surface area contributed by atoms with Gasteiger partial charge in [-0.15, -0.1) is 0 Å². The van der Waals surface area contributed by atoms with Gasteiger partial charge in [-0.1, -0.05) is 6.07 Å². The third-order valence-electron chi connectivity index (χ3n) is 2.53. The van der Waals surface area contributed by atoms with Gasteiger partial charge in [0.25, 0.3) is 5.56 Å². The van der Waals surface area contributed by atoms with E-state index in [-0.39, 0.29) is 5.56 Å². The van der Waals surface area contributed by atoms with Gasteiger partial charge in [-0.2, -0.15) is 0 Å². The van der Waals surface area contributed by atoms with Crippen LogP contribution in [0.3, 0.4) is 0 Å². The Morgan fingerprint density at radius 1 is 1.12 bits per heavy atom. The maximum Gasteiger partial charge on any atom is 0.258 e. The summed E-state index contributed by atoms with van der Waals surface area (Å²) in [5.74, 6) is 0. The minimum Gasteiger partial charge on any atom is -0.269 e. The van der Waals surface area contributed by atoms with Crippen LogP contribution < -0.4 is 5.56 Å². The largest absolute Gasteiger partial charge is 0.269 e. The molecule has 4 nitrogen and oxygen atoms in total. The van der Waals surface area contributed by atoms with Crippen molar-refractivity contribution in [1.82, 2.24) is 14.4 Å². The molecule has 0 saturated carbocycles. The highest BCUT2D eigenvalue weighted by atomic mass is 16.1. The Morgan fingerprint density at radius 3 is 2.88 bits per heavy atom. The quantitative estimate of drug-likeness (QED) is 0.631. The van der Waals surface area contributed by atoms with Crippen molar-refractivity contribution < 1.29 is 0 Å². The molecular weight excluding hydrogens is 214 g/mol. The van der Waals surface area contributed by atoms with Gasteiger partial charge in [0.2, 0.25) is 0 Å². The molecule has 0 atom stereocenters. The normalized spacial score (nSPS) is 10.6. The molecule has 3 rings (SSSR count). The summed E-state index contributed by atoms with van der Waals surface area (Å²) in [7, 11) is 0.